The Balaban J connectivity index is 3.22. The van der Waals surface area contributed by atoms with E-state index < -0.39 is 10.9 Å². The second-order valence-corrected chi connectivity index (χ2v) is 3.86. The molecule has 8 heteroatoms. The van der Waals surface area contributed by atoms with Crippen molar-refractivity contribution in [3.63, 3.8) is 0 Å². The summed E-state index contributed by atoms with van der Waals surface area (Å²) >= 11 is 0. The van der Waals surface area contributed by atoms with Crippen molar-refractivity contribution in [2.24, 2.45) is 0 Å². The fourth-order valence-corrected chi connectivity index (χ4v) is 1.65. The van der Waals surface area contributed by atoms with Crippen LogP contribution in [0.3, 0.4) is 0 Å². The Morgan fingerprint density at radius 3 is 2.65 bits per heavy atom. The molecule has 0 aromatic carbocycles. The molecule has 0 fully saturated rings. The zero-order valence-corrected chi connectivity index (χ0v) is 11.7. The zero-order chi connectivity index (χ0) is 15.1. The monoisotopic (exact) mass is 283 g/mol. The molecule has 8 nitrogen and oxygen atoms in total. The van der Waals surface area contributed by atoms with Crippen LogP contribution in [0, 0.1) is 10.1 Å². The van der Waals surface area contributed by atoms with Crippen LogP contribution < -0.4 is 4.90 Å². The molecule has 0 radical (unpaired) electrons. The summed E-state index contributed by atoms with van der Waals surface area (Å²) in [6.07, 6.45) is 0. The van der Waals surface area contributed by atoms with Gasteiger partial charge in [-0.25, -0.2) is 9.78 Å². The molecule has 0 amide bonds. The van der Waals surface area contributed by atoms with E-state index in [-0.39, 0.29) is 17.2 Å². The zero-order valence-electron chi connectivity index (χ0n) is 11.7. The van der Waals surface area contributed by atoms with Crippen LogP contribution in [0.1, 0.15) is 17.4 Å². The van der Waals surface area contributed by atoms with Crippen molar-refractivity contribution in [2.45, 2.75) is 6.92 Å². The molecule has 0 N–H and O–H groups in total. The number of rotatable bonds is 7. The summed E-state index contributed by atoms with van der Waals surface area (Å²) < 4.78 is 9.54. The van der Waals surface area contributed by atoms with E-state index in [9.17, 15) is 14.9 Å². The first-order chi connectivity index (χ1) is 9.54. The lowest BCUT2D eigenvalue weighted by Gasteiger charge is -2.21. The number of carbonyl (C=O) groups excluding carboxylic acids is 1. The third-order valence-electron chi connectivity index (χ3n) is 2.69. The Morgan fingerprint density at radius 2 is 2.15 bits per heavy atom. The van der Waals surface area contributed by atoms with E-state index in [1.807, 2.05) is 6.92 Å². The van der Waals surface area contributed by atoms with Gasteiger partial charge in [-0.3, -0.25) is 10.1 Å². The first-order valence-electron chi connectivity index (χ1n) is 6.02. The molecular weight excluding hydrogens is 266 g/mol. The Labute approximate surface area is 116 Å². The molecule has 0 spiro atoms. The van der Waals surface area contributed by atoms with E-state index in [4.69, 9.17) is 4.74 Å². The summed E-state index contributed by atoms with van der Waals surface area (Å²) in [5.41, 5.74) is -0.125. The fraction of sp³-hybridized carbons (Fsp3) is 0.500. The third-order valence-corrected chi connectivity index (χ3v) is 2.69. The van der Waals surface area contributed by atoms with Crippen LogP contribution in [-0.2, 0) is 9.47 Å². The Bertz CT molecular complexity index is 492. The van der Waals surface area contributed by atoms with E-state index in [1.165, 1.54) is 19.2 Å². The van der Waals surface area contributed by atoms with Gasteiger partial charge in [0, 0.05) is 26.3 Å². The summed E-state index contributed by atoms with van der Waals surface area (Å²) in [6, 6.07) is 2.53. The molecule has 1 rings (SSSR count). The molecule has 1 aromatic heterocycles. The Kier molecular flexibility index (Phi) is 5.85. The first kappa shape index (κ1) is 15.8. The minimum Gasteiger partial charge on any atom is -0.464 e. The van der Waals surface area contributed by atoms with Gasteiger partial charge in [0.25, 0.3) is 0 Å². The number of hydrogen-bond donors (Lipinski definition) is 0. The number of carbonyl (C=O) groups is 1. The van der Waals surface area contributed by atoms with Gasteiger partial charge in [0.1, 0.15) is 0 Å². The molecular formula is C12H17N3O5. The van der Waals surface area contributed by atoms with Crippen LogP contribution in [0.15, 0.2) is 12.1 Å². The maximum atomic E-state index is 11.5. The SMILES string of the molecule is CCN(CCOC)c1nc(C(=O)OC)ccc1[N+](=O)[O-]. The van der Waals surface area contributed by atoms with E-state index in [0.29, 0.717) is 19.7 Å². The van der Waals surface area contributed by atoms with Crippen molar-refractivity contribution in [3.8, 4) is 0 Å². The van der Waals surface area contributed by atoms with Gasteiger partial charge in [0.05, 0.1) is 18.6 Å². The third kappa shape index (κ3) is 3.64. The lowest BCUT2D eigenvalue weighted by Crippen LogP contribution is -2.29. The van der Waals surface area contributed by atoms with Crippen LogP contribution in [0.2, 0.25) is 0 Å². The minimum atomic E-state index is -0.635. The van der Waals surface area contributed by atoms with Gasteiger partial charge in [-0.05, 0) is 13.0 Å². The minimum absolute atomic E-state index is 0.0315. The summed E-state index contributed by atoms with van der Waals surface area (Å²) in [7, 11) is 2.77. The number of pyridine rings is 1. The summed E-state index contributed by atoms with van der Waals surface area (Å²) in [5, 5.41) is 11.1. The highest BCUT2D eigenvalue weighted by Crippen LogP contribution is 2.26. The number of methoxy groups -OCH3 is 2. The van der Waals surface area contributed by atoms with Crippen molar-refractivity contribution < 1.29 is 19.2 Å². The average molecular weight is 283 g/mol. The number of likely N-dealkylation sites (N-methyl/N-ethyl adjacent to an activating group) is 1. The number of hydrogen-bond acceptors (Lipinski definition) is 7. The quantitative estimate of drug-likeness (QED) is 0.422. The molecule has 0 aliphatic rings. The standard InChI is InChI=1S/C12H17N3O5/c1-4-14(7-8-19-2)11-10(15(17)18)6-5-9(13-11)12(16)20-3/h5-6H,4,7-8H2,1-3H3. The van der Waals surface area contributed by atoms with Crippen LogP contribution in [0.5, 0.6) is 0 Å². The number of anilines is 1. The van der Waals surface area contributed by atoms with Crippen LogP contribution in [-0.4, -0.2) is 49.8 Å². The van der Waals surface area contributed by atoms with Crippen LogP contribution >= 0.6 is 0 Å². The molecule has 0 aliphatic heterocycles. The smallest absolute Gasteiger partial charge is 0.356 e. The number of nitrogens with zero attached hydrogens (tertiary/aromatic N) is 3. The Hall–Kier alpha value is -2.22. The van der Waals surface area contributed by atoms with Gasteiger partial charge in [-0.15, -0.1) is 0 Å². The lowest BCUT2D eigenvalue weighted by atomic mass is 10.3. The topological polar surface area (TPSA) is 94.8 Å². The van der Waals surface area contributed by atoms with E-state index >= 15 is 0 Å². The molecule has 0 atom stereocenters. The van der Waals surface area contributed by atoms with Gasteiger partial charge in [-0.2, -0.15) is 0 Å². The highest BCUT2D eigenvalue weighted by Gasteiger charge is 2.23. The average Bonchev–Trinajstić information content (AvgIpc) is 2.46. The molecule has 0 saturated carbocycles. The predicted octanol–water partition coefficient (Wildman–Crippen LogP) is 1.25. The van der Waals surface area contributed by atoms with Crippen molar-refractivity contribution in [2.75, 3.05) is 38.8 Å². The van der Waals surface area contributed by atoms with Gasteiger partial charge in [0.2, 0.25) is 5.82 Å². The number of aromatic nitrogens is 1. The number of esters is 1. The molecule has 0 saturated heterocycles. The molecule has 0 bridgehead atoms. The van der Waals surface area contributed by atoms with Crippen molar-refractivity contribution in [1.29, 1.82) is 0 Å². The summed E-state index contributed by atoms with van der Waals surface area (Å²) in [5.74, 6) is -0.499. The normalized spacial score (nSPS) is 10.2. The predicted molar refractivity (Wildman–Crippen MR) is 72.0 cm³/mol. The van der Waals surface area contributed by atoms with E-state index in [0.717, 1.165) is 0 Å². The summed E-state index contributed by atoms with van der Waals surface area (Å²) in [4.78, 5) is 27.7. The lowest BCUT2D eigenvalue weighted by molar-refractivity contribution is -0.384. The highest BCUT2D eigenvalue weighted by atomic mass is 16.6. The number of nitro groups is 1. The van der Waals surface area contributed by atoms with Gasteiger partial charge in [-0.1, -0.05) is 0 Å². The summed E-state index contributed by atoms with van der Waals surface area (Å²) in [6.45, 7) is 3.17. The molecule has 20 heavy (non-hydrogen) atoms. The van der Waals surface area contributed by atoms with Gasteiger partial charge in [0.15, 0.2) is 5.69 Å². The molecule has 1 aromatic rings. The Morgan fingerprint density at radius 1 is 1.45 bits per heavy atom. The van der Waals surface area contributed by atoms with E-state index in [2.05, 4.69) is 9.72 Å². The van der Waals surface area contributed by atoms with E-state index in [1.54, 1.807) is 12.0 Å². The maximum Gasteiger partial charge on any atom is 0.356 e. The van der Waals surface area contributed by atoms with Crippen molar-refractivity contribution in [3.05, 3.63) is 27.9 Å². The van der Waals surface area contributed by atoms with Gasteiger partial charge >= 0.3 is 11.7 Å². The number of ether oxygens (including phenoxy) is 2. The van der Waals surface area contributed by atoms with Gasteiger partial charge < -0.3 is 14.4 Å². The molecule has 1 heterocycles. The fourth-order valence-electron chi connectivity index (χ4n) is 1.65. The van der Waals surface area contributed by atoms with Crippen LogP contribution in [0.25, 0.3) is 0 Å². The molecule has 110 valence electrons. The van der Waals surface area contributed by atoms with Crippen LogP contribution in [0.4, 0.5) is 11.5 Å². The van der Waals surface area contributed by atoms with Crippen molar-refractivity contribution in [1.82, 2.24) is 4.98 Å². The highest BCUT2D eigenvalue weighted by molar-refractivity contribution is 5.88. The maximum absolute atomic E-state index is 11.5. The van der Waals surface area contributed by atoms with Crippen molar-refractivity contribution >= 4 is 17.5 Å². The largest absolute Gasteiger partial charge is 0.464 e. The molecule has 0 unspecified atom stereocenters. The molecule has 0 aliphatic carbocycles. The second-order valence-electron chi connectivity index (χ2n) is 3.86. The first-order valence-corrected chi connectivity index (χ1v) is 6.02. The second kappa shape index (κ2) is 7.39.